The molecule has 5 nitrogen and oxygen atoms in total. The van der Waals surface area contributed by atoms with Gasteiger partial charge in [0.2, 0.25) is 0 Å². The third-order valence-corrected chi connectivity index (χ3v) is 4.03. The van der Waals surface area contributed by atoms with Crippen LogP contribution in [0.5, 0.6) is 17.2 Å². The van der Waals surface area contributed by atoms with E-state index in [0.29, 0.717) is 22.9 Å². The quantitative estimate of drug-likeness (QED) is 0.799. The second kappa shape index (κ2) is 8.06. The zero-order chi connectivity index (χ0) is 17.7. The highest BCUT2D eigenvalue weighted by Crippen LogP contribution is 2.30. The van der Waals surface area contributed by atoms with Gasteiger partial charge in [0.15, 0.2) is 17.6 Å². The zero-order valence-corrected chi connectivity index (χ0v) is 15.6. The molecule has 128 valence electrons. The highest BCUT2D eigenvalue weighted by Gasteiger charge is 2.17. The molecular formula is C18H20BrNO4. The standard InChI is InChI=1S/C18H20BrNO4/c1-11-5-7-15(14(19)9-11)24-12(2)18(21)20-13-6-8-16(22-3)17(10-13)23-4/h5-10,12H,1-4H3,(H,20,21). The van der Waals surface area contributed by atoms with Gasteiger partial charge in [-0.3, -0.25) is 4.79 Å². The summed E-state index contributed by atoms with van der Waals surface area (Å²) in [5, 5.41) is 2.80. The lowest BCUT2D eigenvalue weighted by atomic mass is 10.2. The maximum absolute atomic E-state index is 12.3. The van der Waals surface area contributed by atoms with E-state index < -0.39 is 6.10 Å². The number of halogens is 1. The Morgan fingerprint density at radius 2 is 1.71 bits per heavy atom. The van der Waals surface area contributed by atoms with Gasteiger partial charge in [-0.2, -0.15) is 0 Å². The normalized spacial score (nSPS) is 11.5. The van der Waals surface area contributed by atoms with Crippen LogP contribution in [0.15, 0.2) is 40.9 Å². The first-order valence-electron chi connectivity index (χ1n) is 7.40. The fourth-order valence-corrected chi connectivity index (χ4v) is 2.69. The number of aryl methyl sites for hydroxylation is 1. The minimum atomic E-state index is -0.655. The molecule has 0 aliphatic carbocycles. The Kier molecular flexibility index (Phi) is 6.09. The monoisotopic (exact) mass is 393 g/mol. The van der Waals surface area contributed by atoms with Crippen LogP contribution in [0.4, 0.5) is 5.69 Å². The number of hydrogen-bond donors (Lipinski definition) is 1. The maximum Gasteiger partial charge on any atom is 0.265 e. The van der Waals surface area contributed by atoms with Crippen LogP contribution in [0.1, 0.15) is 12.5 Å². The molecule has 1 N–H and O–H groups in total. The number of nitrogens with one attached hydrogen (secondary N) is 1. The first kappa shape index (κ1) is 18.1. The summed E-state index contributed by atoms with van der Waals surface area (Å²) in [6.45, 7) is 3.68. The van der Waals surface area contributed by atoms with Gasteiger partial charge in [-0.15, -0.1) is 0 Å². The van der Waals surface area contributed by atoms with E-state index in [-0.39, 0.29) is 5.91 Å². The summed E-state index contributed by atoms with van der Waals surface area (Å²) in [6, 6.07) is 10.9. The first-order chi connectivity index (χ1) is 11.4. The molecule has 2 aromatic carbocycles. The Labute approximate surface area is 150 Å². The zero-order valence-electron chi connectivity index (χ0n) is 14.1. The molecule has 0 aromatic heterocycles. The van der Waals surface area contributed by atoms with E-state index in [2.05, 4.69) is 21.2 Å². The smallest absolute Gasteiger partial charge is 0.265 e. The molecular weight excluding hydrogens is 374 g/mol. The second-order valence-electron chi connectivity index (χ2n) is 5.25. The van der Waals surface area contributed by atoms with Gasteiger partial charge in [0, 0.05) is 11.8 Å². The van der Waals surface area contributed by atoms with Gasteiger partial charge in [0.25, 0.3) is 5.91 Å². The number of rotatable bonds is 6. The molecule has 0 saturated carbocycles. The molecule has 2 rings (SSSR count). The highest BCUT2D eigenvalue weighted by molar-refractivity contribution is 9.10. The van der Waals surface area contributed by atoms with Gasteiger partial charge in [-0.1, -0.05) is 6.07 Å². The molecule has 0 aliphatic heterocycles. The van der Waals surface area contributed by atoms with Crippen molar-refractivity contribution in [3.05, 3.63) is 46.4 Å². The SMILES string of the molecule is COc1ccc(NC(=O)C(C)Oc2ccc(C)cc2Br)cc1OC. The Bertz CT molecular complexity index is 733. The number of anilines is 1. The van der Waals surface area contributed by atoms with Crippen molar-refractivity contribution in [1.82, 2.24) is 0 Å². The largest absolute Gasteiger partial charge is 0.493 e. The van der Waals surface area contributed by atoms with Crippen LogP contribution in [-0.2, 0) is 4.79 Å². The van der Waals surface area contributed by atoms with Gasteiger partial charge in [0.1, 0.15) is 5.75 Å². The van der Waals surface area contributed by atoms with Gasteiger partial charge >= 0.3 is 0 Å². The summed E-state index contributed by atoms with van der Waals surface area (Å²) in [6.07, 6.45) is -0.655. The lowest BCUT2D eigenvalue weighted by molar-refractivity contribution is -0.122. The number of amides is 1. The molecule has 0 spiro atoms. The lowest BCUT2D eigenvalue weighted by Crippen LogP contribution is -2.30. The molecule has 1 amide bonds. The summed E-state index contributed by atoms with van der Waals surface area (Å²) in [5.41, 5.74) is 1.72. The maximum atomic E-state index is 12.3. The van der Waals surface area contributed by atoms with Crippen LogP contribution in [0.2, 0.25) is 0 Å². The van der Waals surface area contributed by atoms with Crippen LogP contribution in [0.3, 0.4) is 0 Å². The van der Waals surface area contributed by atoms with E-state index in [1.165, 1.54) is 0 Å². The summed E-state index contributed by atoms with van der Waals surface area (Å²) < 4.78 is 16.9. The first-order valence-corrected chi connectivity index (χ1v) is 8.19. The number of methoxy groups -OCH3 is 2. The van der Waals surface area contributed by atoms with E-state index in [1.807, 2.05) is 25.1 Å². The number of carbonyl (C=O) groups is 1. The van der Waals surface area contributed by atoms with E-state index >= 15 is 0 Å². The van der Waals surface area contributed by atoms with E-state index in [4.69, 9.17) is 14.2 Å². The molecule has 0 bridgehead atoms. The Morgan fingerprint density at radius 1 is 1.04 bits per heavy atom. The molecule has 0 aliphatic rings. The highest BCUT2D eigenvalue weighted by atomic mass is 79.9. The molecule has 0 saturated heterocycles. The van der Waals surface area contributed by atoms with Gasteiger partial charge in [-0.05, 0) is 59.6 Å². The Hall–Kier alpha value is -2.21. The molecule has 24 heavy (non-hydrogen) atoms. The van der Waals surface area contributed by atoms with Crippen LogP contribution >= 0.6 is 15.9 Å². The van der Waals surface area contributed by atoms with E-state index in [0.717, 1.165) is 10.0 Å². The number of hydrogen-bond acceptors (Lipinski definition) is 4. The topological polar surface area (TPSA) is 56.8 Å². The summed E-state index contributed by atoms with van der Waals surface area (Å²) >= 11 is 3.44. The summed E-state index contributed by atoms with van der Waals surface area (Å²) in [4.78, 5) is 12.3. The Balaban J connectivity index is 2.06. The van der Waals surface area contributed by atoms with Crippen molar-refractivity contribution in [3.8, 4) is 17.2 Å². The molecule has 6 heteroatoms. The van der Waals surface area contributed by atoms with Gasteiger partial charge in [0.05, 0.1) is 18.7 Å². The molecule has 2 aromatic rings. The van der Waals surface area contributed by atoms with Crippen molar-refractivity contribution in [2.24, 2.45) is 0 Å². The molecule has 1 atom stereocenters. The van der Waals surface area contributed by atoms with Crippen LogP contribution < -0.4 is 19.5 Å². The van der Waals surface area contributed by atoms with Crippen molar-refractivity contribution >= 4 is 27.5 Å². The van der Waals surface area contributed by atoms with E-state index in [1.54, 1.807) is 39.3 Å². The Morgan fingerprint density at radius 3 is 2.33 bits per heavy atom. The molecule has 0 heterocycles. The summed E-state index contributed by atoms with van der Waals surface area (Å²) in [5.74, 6) is 1.51. The van der Waals surface area contributed by atoms with Gasteiger partial charge in [-0.25, -0.2) is 0 Å². The summed E-state index contributed by atoms with van der Waals surface area (Å²) in [7, 11) is 3.11. The van der Waals surface area contributed by atoms with Crippen molar-refractivity contribution in [1.29, 1.82) is 0 Å². The van der Waals surface area contributed by atoms with Gasteiger partial charge < -0.3 is 19.5 Å². The third kappa shape index (κ3) is 4.41. The third-order valence-electron chi connectivity index (χ3n) is 3.41. The fourth-order valence-electron chi connectivity index (χ4n) is 2.10. The molecule has 1 unspecified atom stereocenters. The van der Waals surface area contributed by atoms with Crippen molar-refractivity contribution in [2.45, 2.75) is 20.0 Å². The number of benzene rings is 2. The molecule has 0 fully saturated rings. The van der Waals surface area contributed by atoms with Crippen LogP contribution in [-0.4, -0.2) is 26.2 Å². The average molecular weight is 394 g/mol. The second-order valence-corrected chi connectivity index (χ2v) is 6.11. The van der Waals surface area contributed by atoms with Crippen molar-refractivity contribution in [3.63, 3.8) is 0 Å². The lowest BCUT2D eigenvalue weighted by Gasteiger charge is -2.16. The number of ether oxygens (including phenoxy) is 3. The van der Waals surface area contributed by atoms with Crippen molar-refractivity contribution < 1.29 is 19.0 Å². The van der Waals surface area contributed by atoms with Crippen LogP contribution in [0, 0.1) is 6.92 Å². The van der Waals surface area contributed by atoms with Crippen LogP contribution in [0.25, 0.3) is 0 Å². The predicted octanol–water partition coefficient (Wildman–Crippen LogP) is 4.18. The fraction of sp³-hybridized carbons (Fsp3) is 0.278. The predicted molar refractivity (Wildman–Crippen MR) is 97.1 cm³/mol. The van der Waals surface area contributed by atoms with Crippen molar-refractivity contribution in [2.75, 3.05) is 19.5 Å². The minimum absolute atomic E-state index is 0.255. The van der Waals surface area contributed by atoms with E-state index in [9.17, 15) is 4.79 Å². The average Bonchev–Trinajstić information content (AvgIpc) is 2.57. The molecule has 0 radical (unpaired) electrons. The number of carbonyl (C=O) groups excluding carboxylic acids is 1. The minimum Gasteiger partial charge on any atom is -0.493 e.